The molecule has 1 aliphatic rings. The molecule has 3 rings (SSSR count). The van der Waals surface area contributed by atoms with E-state index in [0.717, 1.165) is 42.3 Å². The molecule has 4 nitrogen and oxygen atoms in total. The average Bonchev–Trinajstić information content (AvgIpc) is 2.67. The molecule has 0 spiro atoms. The van der Waals surface area contributed by atoms with Crippen LogP contribution in [-0.2, 0) is 9.53 Å². The maximum absolute atomic E-state index is 11.7. The Kier molecular flexibility index (Phi) is 5.78. The van der Waals surface area contributed by atoms with Gasteiger partial charge in [-0.15, -0.1) is 0 Å². The van der Waals surface area contributed by atoms with Crippen LogP contribution >= 0.6 is 0 Å². The van der Waals surface area contributed by atoms with E-state index >= 15 is 0 Å². The molecule has 0 aromatic heterocycles. The van der Waals surface area contributed by atoms with Crippen LogP contribution in [0, 0.1) is 23.2 Å². The number of benzene rings is 2. The van der Waals surface area contributed by atoms with Crippen molar-refractivity contribution in [2.24, 2.45) is 11.8 Å². The normalized spacial score (nSPS) is 16.3. The van der Waals surface area contributed by atoms with Crippen LogP contribution in [0.3, 0.4) is 0 Å². The van der Waals surface area contributed by atoms with Crippen molar-refractivity contribution >= 4 is 22.4 Å². The van der Waals surface area contributed by atoms with Crippen LogP contribution < -0.4 is 4.90 Å². The van der Waals surface area contributed by atoms with E-state index in [9.17, 15) is 10.1 Å². The van der Waals surface area contributed by atoms with Crippen LogP contribution in [0.25, 0.3) is 10.8 Å². The molecular formula is C22H26N2O2. The number of anilines is 1. The topological polar surface area (TPSA) is 53.3 Å². The summed E-state index contributed by atoms with van der Waals surface area (Å²) in [6.45, 7) is 6.43. The molecule has 4 heteroatoms. The van der Waals surface area contributed by atoms with Gasteiger partial charge in [-0.25, -0.2) is 0 Å². The molecule has 0 radical (unpaired) electrons. The van der Waals surface area contributed by atoms with Gasteiger partial charge in [0.25, 0.3) is 0 Å². The van der Waals surface area contributed by atoms with Crippen LogP contribution in [-0.4, -0.2) is 25.7 Å². The Labute approximate surface area is 155 Å². The van der Waals surface area contributed by atoms with Crippen molar-refractivity contribution in [3.8, 4) is 6.07 Å². The molecule has 26 heavy (non-hydrogen) atoms. The van der Waals surface area contributed by atoms with Gasteiger partial charge in [0.15, 0.2) is 0 Å². The number of carbonyl (C=O) groups is 1. The Balaban J connectivity index is 1.70. The number of hydrogen-bond acceptors (Lipinski definition) is 4. The van der Waals surface area contributed by atoms with Gasteiger partial charge in [0.1, 0.15) is 0 Å². The summed E-state index contributed by atoms with van der Waals surface area (Å²) in [6.07, 6.45) is 2.67. The first-order valence-corrected chi connectivity index (χ1v) is 9.46. The lowest BCUT2D eigenvalue weighted by Gasteiger charge is -2.36. The second-order valence-electron chi connectivity index (χ2n) is 7.10. The second kappa shape index (κ2) is 8.23. The molecule has 1 saturated heterocycles. The molecular weight excluding hydrogens is 324 g/mol. The summed E-state index contributed by atoms with van der Waals surface area (Å²) in [7, 11) is 0. The van der Waals surface area contributed by atoms with E-state index in [4.69, 9.17) is 4.74 Å². The number of hydrogen-bond donors (Lipinski definition) is 0. The molecule has 2 aromatic carbocycles. The Morgan fingerprint density at radius 3 is 2.58 bits per heavy atom. The highest BCUT2D eigenvalue weighted by atomic mass is 16.5. The van der Waals surface area contributed by atoms with E-state index in [0.29, 0.717) is 24.9 Å². The molecule has 1 atom stereocenters. The van der Waals surface area contributed by atoms with Gasteiger partial charge in [-0.05, 0) is 43.7 Å². The fourth-order valence-electron chi connectivity index (χ4n) is 4.02. The predicted octanol–water partition coefficient (Wildman–Crippen LogP) is 4.52. The van der Waals surface area contributed by atoms with Crippen LogP contribution in [0.15, 0.2) is 36.4 Å². The number of rotatable bonds is 5. The van der Waals surface area contributed by atoms with E-state index < -0.39 is 0 Å². The summed E-state index contributed by atoms with van der Waals surface area (Å²) in [5.41, 5.74) is 1.93. The third kappa shape index (κ3) is 3.83. The Hall–Kier alpha value is -2.54. The van der Waals surface area contributed by atoms with E-state index in [-0.39, 0.29) is 5.97 Å². The number of fused-ring (bicyclic) bond motifs is 1. The number of nitrogens with zero attached hydrogens (tertiary/aromatic N) is 2. The highest BCUT2D eigenvalue weighted by Gasteiger charge is 2.26. The van der Waals surface area contributed by atoms with Gasteiger partial charge < -0.3 is 9.64 Å². The minimum atomic E-state index is -0.0829. The predicted molar refractivity (Wildman–Crippen MR) is 104 cm³/mol. The minimum Gasteiger partial charge on any atom is -0.466 e. The second-order valence-corrected chi connectivity index (χ2v) is 7.10. The van der Waals surface area contributed by atoms with Crippen LogP contribution in [0.4, 0.5) is 5.69 Å². The number of esters is 1. The van der Waals surface area contributed by atoms with Gasteiger partial charge >= 0.3 is 5.97 Å². The summed E-state index contributed by atoms with van der Waals surface area (Å²) in [5.74, 6) is 0.828. The first kappa shape index (κ1) is 18.3. The lowest BCUT2D eigenvalue weighted by atomic mass is 9.83. The van der Waals surface area contributed by atoms with Gasteiger partial charge in [0.2, 0.25) is 0 Å². The Morgan fingerprint density at radius 2 is 1.92 bits per heavy atom. The van der Waals surface area contributed by atoms with Crippen molar-refractivity contribution in [2.45, 2.75) is 33.1 Å². The molecule has 1 unspecified atom stereocenters. The van der Waals surface area contributed by atoms with Crippen molar-refractivity contribution in [2.75, 3.05) is 24.6 Å². The highest BCUT2D eigenvalue weighted by Crippen LogP contribution is 2.34. The van der Waals surface area contributed by atoms with Gasteiger partial charge in [-0.2, -0.15) is 5.26 Å². The summed E-state index contributed by atoms with van der Waals surface area (Å²) >= 11 is 0. The van der Waals surface area contributed by atoms with Crippen molar-refractivity contribution in [3.05, 3.63) is 42.0 Å². The number of ether oxygens (including phenoxy) is 1. The van der Waals surface area contributed by atoms with Crippen LogP contribution in [0.2, 0.25) is 0 Å². The Bertz CT molecular complexity index is 816. The highest BCUT2D eigenvalue weighted by molar-refractivity contribution is 5.97. The van der Waals surface area contributed by atoms with Crippen molar-refractivity contribution in [1.29, 1.82) is 5.26 Å². The zero-order chi connectivity index (χ0) is 18.5. The van der Waals surface area contributed by atoms with Gasteiger partial charge in [-0.1, -0.05) is 31.2 Å². The fraction of sp³-hybridized carbons (Fsp3) is 0.455. The largest absolute Gasteiger partial charge is 0.466 e. The van der Waals surface area contributed by atoms with E-state index in [1.807, 2.05) is 31.2 Å². The number of piperidine rings is 1. The number of carbonyl (C=O) groups excluding carboxylic acids is 1. The number of nitriles is 1. The molecule has 2 aromatic rings. The molecule has 0 N–H and O–H groups in total. The lowest BCUT2D eigenvalue weighted by molar-refractivity contribution is -0.144. The first-order valence-electron chi connectivity index (χ1n) is 9.46. The maximum atomic E-state index is 11.7. The molecule has 1 heterocycles. The maximum Gasteiger partial charge on any atom is 0.306 e. The van der Waals surface area contributed by atoms with Gasteiger partial charge in [-0.3, -0.25) is 4.79 Å². The summed E-state index contributed by atoms with van der Waals surface area (Å²) in [4.78, 5) is 14.1. The quantitative estimate of drug-likeness (QED) is 0.744. The lowest BCUT2D eigenvalue weighted by Crippen LogP contribution is -2.36. The third-order valence-electron chi connectivity index (χ3n) is 5.50. The molecule has 0 amide bonds. The average molecular weight is 350 g/mol. The van der Waals surface area contributed by atoms with Crippen LogP contribution in [0.1, 0.15) is 38.7 Å². The standard InChI is InChI=1S/C22H26N2O2/c1-3-26-22(25)14-16(2)17-10-12-24(13-11-17)21-9-8-18(15-23)19-6-4-5-7-20(19)21/h4-9,16-17H,3,10-14H2,1-2H3. The van der Waals surface area contributed by atoms with E-state index in [1.165, 1.54) is 5.69 Å². The summed E-state index contributed by atoms with van der Waals surface area (Å²) in [5, 5.41) is 11.5. The fourth-order valence-corrected chi connectivity index (χ4v) is 4.02. The third-order valence-corrected chi connectivity index (χ3v) is 5.50. The zero-order valence-electron chi connectivity index (χ0n) is 15.6. The van der Waals surface area contributed by atoms with Crippen molar-refractivity contribution in [1.82, 2.24) is 0 Å². The molecule has 0 bridgehead atoms. The molecule has 136 valence electrons. The minimum absolute atomic E-state index is 0.0829. The molecule has 0 saturated carbocycles. The van der Waals surface area contributed by atoms with Crippen molar-refractivity contribution in [3.63, 3.8) is 0 Å². The summed E-state index contributed by atoms with van der Waals surface area (Å²) in [6, 6.07) is 14.4. The van der Waals surface area contributed by atoms with Gasteiger partial charge in [0, 0.05) is 36.0 Å². The monoisotopic (exact) mass is 350 g/mol. The SMILES string of the molecule is CCOC(=O)CC(C)C1CCN(c2ccc(C#N)c3ccccc23)CC1. The molecule has 1 fully saturated rings. The molecule has 1 aliphatic heterocycles. The van der Waals surface area contributed by atoms with Crippen molar-refractivity contribution < 1.29 is 9.53 Å². The van der Waals surface area contributed by atoms with E-state index in [1.54, 1.807) is 0 Å². The molecule has 0 aliphatic carbocycles. The van der Waals surface area contributed by atoms with E-state index in [2.05, 4.69) is 30.0 Å². The summed E-state index contributed by atoms with van der Waals surface area (Å²) < 4.78 is 5.09. The van der Waals surface area contributed by atoms with Crippen LogP contribution in [0.5, 0.6) is 0 Å². The smallest absolute Gasteiger partial charge is 0.306 e. The van der Waals surface area contributed by atoms with Gasteiger partial charge in [0.05, 0.1) is 18.2 Å². The first-order chi connectivity index (χ1) is 12.6. The Morgan fingerprint density at radius 1 is 1.23 bits per heavy atom. The zero-order valence-corrected chi connectivity index (χ0v) is 15.6.